The topological polar surface area (TPSA) is 55.2 Å². The predicted octanol–water partition coefficient (Wildman–Crippen LogP) is 4.07. The number of hydrogen-bond donors (Lipinski definition) is 1. The van der Waals surface area contributed by atoms with E-state index in [-0.39, 0.29) is 0 Å². The molecule has 2 aromatic heterocycles. The number of hydrogen-bond acceptors (Lipinski definition) is 5. The average Bonchev–Trinajstić information content (AvgIpc) is 3.37. The number of aromatic nitrogens is 3. The zero-order chi connectivity index (χ0) is 17.7. The number of pyridine rings is 1. The van der Waals surface area contributed by atoms with Crippen LogP contribution in [-0.4, -0.2) is 34.7 Å². The van der Waals surface area contributed by atoms with E-state index in [4.69, 9.17) is 21.3 Å². The van der Waals surface area contributed by atoms with Crippen LogP contribution in [0.4, 0.5) is 17.2 Å². The zero-order valence-electron chi connectivity index (χ0n) is 14.6. The first kappa shape index (κ1) is 15.8. The maximum Gasteiger partial charge on any atom is 0.162 e. The first-order chi connectivity index (χ1) is 12.7. The number of halogens is 1. The van der Waals surface area contributed by atoms with Crippen LogP contribution in [0.25, 0.3) is 11.2 Å². The Morgan fingerprint density at radius 1 is 1.31 bits per heavy atom. The van der Waals surface area contributed by atoms with Gasteiger partial charge in [-0.25, -0.2) is 9.97 Å². The molecule has 3 aromatic rings. The molecule has 6 nitrogen and oxygen atoms in total. The van der Waals surface area contributed by atoms with Gasteiger partial charge in [0, 0.05) is 25.3 Å². The second-order valence-corrected chi connectivity index (χ2v) is 7.49. The van der Waals surface area contributed by atoms with Gasteiger partial charge >= 0.3 is 0 Å². The van der Waals surface area contributed by atoms with E-state index < -0.39 is 0 Å². The van der Waals surface area contributed by atoms with Gasteiger partial charge in [-0.2, -0.15) is 0 Å². The van der Waals surface area contributed by atoms with Gasteiger partial charge in [0.1, 0.15) is 17.9 Å². The summed E-state index contributed by atoms with van der Waals surface area (Å²) in [6, 6.07) is 7.95. The van der Waals surface area contributed by atoms with Gasteiger partial charge in [0.25, 0.3) is 0 Å². The van der Waals surface area contributed by atoms with E-state index in [9.17, 15) is 0 Å². The highest BCUT2D eigenvalue weighted by Gasteiger charge is 2.23. The Morgan fingerprint density at radius 2 is 2.19 bits per heavy atom. The normalized spacial score (nSPS) is 16.5. The maximum absolute atomic E-state index is 6.43. The fraction of sp³-hybridized carbons (Fsp3) is 0.368. The van der Waals surface area contributed by atoms with Gasteiger partial charge in [-0.05, 0) is 37.0 Å². The van der Waals surface area contributed by atoms with Crippen LogP contribution in [0.5, 0.6) is 5.75 Å². The lowest BCUT2D eigenvalue weighted by Gasteiger charge is -2.28. The molecule has 0 unspecified atom stereocenters. The first-order valence-corrected chi connectivity index (χ1v) is 9.31. The number of anilines is 3. The van der Waals surface area contributed by atoms with Crippen LogP contribution in [0.1, 0.15) is 12.8 Å². The number of likely N-dealkylation sites (N-methyl/N-ethyl adjacent to an activating group) is 1. The van der Waals surface area contributed by atoms with Crippen LogP contribution in [0.15, 0.2) is 30.6 Å². The third kappa shape index (κ3) is 2.84. The minimum Gasteiger partial charge on any atom is -0.489 e. The fourth-order valence-electron chi connectivity index (χ4n) is 3.33. The van der Waals surface area contributed by atoms with Gasteiger partial charge in [-0.1, -0.05) is 11.6 Å². The van der Waals surface area contributed by atoms with E-state index in [2.05, 4.69) is 32.9 Å². The van der Waals surface area contributed by atoms with Crippen molar-refractivity contribution in [2.24, 2.45) is 5.92 Å². The molecular formula is C19H20ClN5O. The number of fused-ring (bicyclic) bond motifs is 2. The molecule has 1 aromatic carbocycles. The molecule has 2 aliphatic rings. The van der Waals surface area contributed by atoms with Crippen molar-refractivity contribution in [3.8, 4) is 5.75 Å². The molecule has 1 aliphatic carbocycles. The van der Waals surface area contributed by atoms with Crippen molar-refractivity contribution in [1.82, 2.24) is 14.5 Å². The molecule has 0 bridgehead atoms. The van der Waals surface area contributed by atoms with E-state index in [1.54, 1.807) is 0 Å². The van der Waals surface area contributed by atoms with Crippen molar-refractivity contribution in [3.05, 3.63) is 35.6 Å². The van der Waals surface area contributed by atoms with Gasteiger partial charge in [-0.15, -0.1) is 0 Å². The minimum absolute atomic E-state index is 0.560. The second-order valence-electron chi connectivity index (χ2n) is 7.08. The van der Waals surface area contributed by atoms with E-state index >= 15 is 0 Å². The van der Waals surface area contributed by atoms with Crippen molar-refractivity contribution in [2.45, 2.75) is 19.4 Å². The van der Waals surface area contributed by atoms with Gasteiger partial charge in [0.05, 0.1) is 23.6 Å². The Kier molecular flexibility index (Phi) is 3.67. The van der Waals surface area contributed by atoms with E-state index in [1.165, 1.54) is 12.8 Å². The summed E-state index contributed by atoms with van der Waals surface area (Å²) in [5, 5.41) is 3.89. The standard InChI is InChI=1S/C19H20ClN5O/c1-24-6-7-26-17-8-13(4-5-16(17)24)22-18-14(20)9-15-19(23-18)25(11-21-15)10-12-2-3-12/h4-5,8-9,11-12H,2-3,6-7,10H2,1H3,(H,22,23). The van der Waals surface area contributed by atoms with Gasteiger partial charge in [0.2, 0.25) is 0 Å². The summed E-state index contributed by atoms with van der Waals surface area (Å²) >= 11 is 6.43. The SMILES string of the molecule is CN1CCOc2cc(Nc3nc4c(cc3Cl)ncn4CC3CC3)ccc21. The molecule has 0 radical (unpaired) electrons. The lowest BCUT2D eigenvalue weighted by Crippen LogP contribution is -2.28. The molecule has 1 fully saturated rings. The number of benzene rings is 1. The smallest absolute Gasteiger partial charge is 0.162 e. The van der Waals surface area contributed by atoms with Crippen LogP contribution < -0.4 is 15.0 Å². The molecule has 1 N–H and O–H groups in total. The van der Waals surface area contributed by atoms with Crippen molar-refractivity contribution < 1.29 is 4.74 Å². The Labute approximate surface area is 156 Å². The third-order valence-electron chi connectivity index (χ3n) is 5.01. The Morgan fingerprint density at radius 3 is 3.04 bits per heavy atom. The van der Waals surface area contributed by atoms with Gasteiger partial charge in [-0.3, -0.25) is 0 Å². The summed E-state index contributed by atoms with van der Waals surface area (Å²) in [6.07, 6.45) is 4.45. The van der Waals surface area contributed by atoms with Crippen LogP contribution in [-0.2, 0) is 6.54 Å². The molecule has 1 aliphatic heterocycles. The molecule has 0 amide bonds. The number of nitrogens with zero attached hydrogens (tertiary/aromatic N) is 4. The lowest BCUT2D eigenvalue weighted by atomic mass is 10.2. The van der Waals surface area contributed by atoms with Crippen molar-refractivity contribution in [3.63, 3.8) is 0 Å². The van der Waals surface area contributed by atoms with Crippen LogP contribution in [0, 0.1) is 5.92 Å². The minimum atomic E-state index is 0.560. The molecule has 0 atom stereocenters. The maximum atomic E-state index is 6.43. The van der Waals surface area contributed by atoms with Gasteiger partial charge in [0.15, 0.2) is 11.5 Å². The molecule has 0 spiro atoms. The zero-order valence-corrected chi connectivity index (χ0v) is 15.3. The number of ether oxygens (including phenoxy) is 1. The van der Waals surface area contributed by atoms with Crippen LogP contribution >= 0.6 is 11.6 Å². The monoisotopic (exact) mass is 369 g/mol. The Bertz CT molecular complexity index is 981. The molecular weight excluding hydrogens is 350 g/mol. The van der Waals surface area contributed by atoms with Crippen LogP contribution in [0.3, 0.4) is 0 Å². The highest BCUT2D eigenvalue weighted by molar-refractivity contribution is 6.33. The fourth-order valence-corrected chi connectivity index (χ4v) is 3.53. The van der Waals surface area contributed by atoms with Crippen molar-refractivity contribution in [1.29, 1.82) is 0 Å². The summed E-state index contributed by atoms with van der Waals surface area (Å²) in [6.45, 7) is 2.57. The highest BCUT2D eigenvalue weighted by atomic mass is 35.5. The summed E-state index contributed by atoms with van der Waals surface area (Å²) in [4.78, 5) is 11.4. The number of nitrogens with one attached hydrogen (secondary N) is 1. The van der Waals surface area contributed by atoms with E-state index in [1.807, 2.05) is 24.5 Å². The summed E-state index contributed by atoms with van der Waals surface area (Å²) in [7, 11) is 2.07. The lowest BCUT2D eigenvalue weighted by molar-refractivity contribution is 0.311. The first-order valence-electron chi connectivity index (χ1n) is 8.94. The van der Waals surface area contributed by atoms with Crippen molar-refractivity contribution in [2.75, 3.05) is 30.4 Å². The quantitative estimate of drug-likeness (QED) is 0.751. The Balaban J connectivity index is 1.47. The molecule has 5 rings (SSSR count). The second kappa shape index (κ2) is 6.06. The molecule has 3 heterocycles. The van der Waals surface area contributed by atoms with Crippen LogP contribution in [0.2, 0.25) is 5.02 Å². The largest absolute Gasteiger partial charge is 0.489 e. The average molecular weight is 370 g/mol. The molecule has 26 heavy (non-hydrogen) atoms. The summed E-state index contributed by atoms with van der Waals surface area (Å²) in [5.74, 6) is 2.27. The number of imidazole rings is 1. The van der Waals surface area contributed by atoms with E-state index in [0.29, 0.717) is 17.4 Å². The molecule has 1 saturated carbocycles. The molecule has 0 saturated heterocycles. The number of rotatable bonds is 4. The Hall–Kier alpha value is -2.47. The molecule has 134 valence electrons. The van der Waals surface area contributed by atoms with E-state index in [0.717, 1.165) is 47.3 Å². The summed E-state index contributed by atoms with van der Waals surface area (Å²) < 4.78 is 7.91. The highest BCUT2D eigenvalue weighted by Crippen LogP contribution is 2.36. The van der Waals surface area contributed by atoms with Crippen molar-refractivity contribution >= 4 is 40.0 Å². The predicted molar refractivity (Wildman–Crippen MR) is 104 cm³/mol. The molecule has 7 heteroatoms. The third-order valence-corrected chi connectivity index (χ3v) is 5.30. The summed E-state index contributed by atoms with van der Waals surface area (Å²) in [5.41, 5.74) is 3.70. The van der Waals surface area contributed by atoms with Gasteiger partial charge < -0.3 is 19.5 Å².